The van der Waals surface area contributed by atoms with Crippen molar-refractivity contribution in [3.05, 3.63) is 52.2 Å². The second kappa shape index (κ2) is 6.93. The van der Waals surface area contributed by atoms with Gasteiger partial charge in [0, 0.05) is 35.8 Å². The van der Waals surface area contributed by atoms with Gasteiger partial charge in [0.1, 0.15) is 12.4 Å². The number of rotatable bonds is 5. The molecule has 2 aliphatic rings. The van der Waals surface area contributed by atoms with E-state index in [4.69, 9.17) is 4.74 Å². The Morgan fingerprint density at radius 3 is 2.77 bits per heavy atom. The number of hydrogen-bond donors (Lipinski definition) is 1. The summed E-state index contributed by atoms with van der Waals surface area (Å²) in [6, 6.07) is 8.05. The lowest BCUT2D eigenvalue weighted by Crippen LogP contribution is -3.13. The highest BCUT2D eigenvalue weighted by Gasteiger charge is 2.43. The molecule has 1 saturated carbocycles. The average Bonchev–Trinajstić information content (AvgIpc) is 3.37. The summed E-state index contributed by atoms with van der Waals surface area (Å²) in [7, 11) is 0. The van der Waals surface area contributed by atoms with Gasteiger partial charge in [0.05, 0.1) is 12.1 Å². The van der Waals surface area contributed by atoms with E-state index in [2.05, 4.69) is 0 Å². The SMILES string of the molecule is CC(=O)Oc1cc2c(s1)CC[NH+]([C@@H](C(=O)C1CC1)c1ccccc1F)C2. The molecule has 2 atom stereocenters. The number of thiophene rings is 1. The van der Waals surface area contributed by atoms with Gasteiger partial charge in [-0.05, 0) is 25.0 Å². The van der Waals surface area contributed by atoms with Gasteiger partial charge in [-0.1, -0.05) is 12.1 Å². The Kier molecular flexibility index (Phi) is 4.63. The molecule has 4 rings (SSSR count). The maximum Gasteiger partial charge on any atom is 0.308 e. The molecule has 136 valence electrons. The minimum absolute atomic E-state index is 0.0765. The van der Waals surface area contributed by atoms with Crippen LogP contribution < -0.4 is 9.64 Å². The fourth-order valence-electron chi connectivity index (χ4n) is 3.73. The first-order chi connectivity index (χ1) is 12.5. The molecule has 1 aromatic carbocycles. The summed E-state index contributed by atoms with van der Waals surface area (Å²) in [5.41, 5.74) is 1.59. The van der Waals surface area contributed by atoms with Crippen LogP contribution in [0.3, 0.4) is 0 Å². The zero-order chi connectivity index (χ0) is 18.3. The third-order valence-corrected chi connectivity index (χ3v) is 6.21. The van der Waals surface area contributed by atoms with Gasteiger partial charge in [0.25, 0.3) is 0 Å². The van der Waals surface area contributed by atoms with E-state index >= 15 is 0 Å². The Hall–Kier alpha value is -2.05. The number of quaternary nitrogens is 1. The van der Waals surface area contributed by atoms with Crippen molar-refractivity contribution in [1.82, 2.24) is 0 Å². The van der Waals surface area contributed by atoms with Crippen LogP contribution in [0, 0.1) is 11.7 Å². The van der Waals surface area contributed by atoms with Gasteiger partial charge < -0.3 is 9.64 Å². The fourth-order valence-corrected chi connectivity index (χ4v) is 4.80. The Morgan fingerprint density at radius 2 is 2.08 bits per heavy atom. The lowest BCUT2D eigenvalue weighted by atomic mass is 9.95. The zero-order valence-corrected chi connectivity index (χ0v) is 15.4. The van der Waals surface area contributed by atoms with E-state index < -0.39 is 6.04 Å². The normalized spacial score (nSPS) is 20.3. The smallest absolute Gasteiger partial charge is 0.308 e. The monoisotopic (exact) mass is 374 g/mol. The summed E-state index contributed by atoms with van der Waals surface area (Å²) in [5, 5.41) is 0.597. The zero-order valence-electron chi connectivity index (χ0n) is 14.6. The Labute approximate surface area is 155 Å². The third-order valence-electron chi connectivity index (χ3n) is 5.10. The van der Waals surface area contributed by atoms with E-state index in [0.29, 0.717) is 17.2 Å². The molecule has 1 fully saturated rings. The van der Waals surface area contributed by atoms with Crippen molar-refractivity contribution < 1.29 is 23.6 Å². The minimum Gasteiger partial charge on any atom is -0.416 e. The van der Waals surface area contributed by atoms with E-state index in [1.807, 2.05) is 6.07 Å². The number of Topliss-reactive ketones (excluding diaryl/α,β-unsaturated/α-hetero) is 1. The van der Waals surface area contributed by atoms with Crippen molar-refractivity contribution in [3.63, 3.8) is 0 Å². The molecule has 0 saturated heterocycles. The number of nitrogens with one attached hydrogen (secondary N) is 1. The molecule has 0 bridgehead atoms. The van der Waals surface area contributed by atoms with Gasteiger partial charge >= 0.3 is 5.97 Å². The van der Waals surface area contributed by atoms with E-state index in [1.54, 1.807) is 18.2 Å². The number of ketones is 1. The number of carbonyl (C=O) groups is 2. The van der Waals surface area contributed by atoms with Crippen LogP contribution in [0.15, 0.2) is 30.3 Å². The number of halogens is 1. The summed E-state index contributed by atoms with van der Waals surface area (Å²) in [6.45, 7) is 2.80. The molecule has 1 aliphatic heterocycles. The second-order valence-electron chi connectivity index (χ2n) is 7.07. The predicted octanol–water partition coefficient (Wildman–Crippen LogP) is 2.47. The fraction of sp³-hybridized carbons (Fsp3) is 0.400. The van der Waals surface area contributed by atoms with Crippen molar-refractivity contribution in [1.29, 1.82) is 0 Å². The molecule has 0 radical (unpaired) electrons. The summed E-state index contributed by atoms with van der Waals surface area (Å²) in [6.07, 6.45) is 2.63. The molecule has 1 N–H and O–H groups in total. The molecule has 6 heteroatoms. The van der Waals surface area contributed by atoms with Crippen LogP contribution in [0.4, 0.5) is 4.39 Å². The number of carbonyl (C=O) groups excluding carboxylic acids is 2. The van der Waals surface area contributed by atoms with Crippen molar-refractivity contribution in [3.8, 4) is 5.06 Å². The van der Waals surface area contributed by atoms with Crippen LogP contribution in [-0.4, -0.2) is 18.3 Å². The molecule has 2 heterocycles. The molecule has 1 unspecified atom stereocenters. The van der Waals surface area contributed by atoms with Gasteiger partial charge in [0.2, 0.25) is 0 Å². The molecular formula is C20H21FNO3S+. The van der Waals surface area contributed by atoms with Crippen molar-refractivity contribution in [2.45, 2.75) is 38.8 Å². The predicted molar refractivity (Wildman–Crippen MR) is 95.7 cm³/mol. The quantitative estimate of drug-likeness (QED) is 0.818. The minimum atomic E-state index is -0.464. The van der Waals surface area contributed by atoms with Gasteiger partial charge in [-0.15, -0.1) is 11.3 Å². The molecule has 1 aliphatic carbocycles. The van der Waals surface area contributed by atoms with Crippen LogP contribution in [0.1, 0.15) is 41.8 Å². The van der Waals surface area contributed by atoms with Crippen LogP contribution in [0.25, 0.3) is 0 Å². The van der Waals surface area contributed by atoms with E-state index in [1.165, 1.54) is 29.2 Å². The third kappa shape index (κ3) is 3.44. The average molecular weight is 374 g/mol. The van der Waals surface area contributed by atoms with Gasteiger partial charge in [-0.25, -0.2) is 4.39 Å². The van der Waals surface area contributed by atoms with E-state index in [0.717, 1.165) is 36.3 Å². The van der Waals surface area contributed by atoms with Crippen molar-refractivity contribution in [2.24, 2.45) is 5.92 Å². The maximum atomic E-state index is 14.5. The molecule has 4 nitrogen and oxygen atoms in total. The first-order valence-corrected chi connectivity index (χ1v) is 9.77. The highest BCUT2D eigenvalue weighted by molar-refractivity contribution is 7.14. The van der Waals surface area contributed by atoms with Crippen LogP contribution in [0.5, 0.6) is 5.06 Å². The van der Waals surface area contributed by atoms with Gasteiger partial charge in [0.15, 0.2) is 16.9 Å². The molecule has 26 heavy (non-hydrogen) atoms. The highest BCUT2D eigenvalue weighted by atomic mass is 32.1. The maximum absolute atomic E-state index is 14.5. The summed E-state index contributed by atoms with van der Waals surface area (Å²) in [5.74, 6) is -0.409. The van der Waals surface area contributed by atoms with Crippen molar-refractivity contribution >= 4 is 23.1 Å². The Balaban J connectivity index is 1.63. The summed E-state index contributed by atoms with van der Waals surface area (Å²) in [4.78, 5) is 26.4. The number of benzene rings is 1. The first kappa shape index (κ1) is 17.4. The first-order valence-electron chi connectivity index (χ1n) is 8.95. The molecule has 1 aromatic heterocycles. The van der Waals surface area contributed by atoms with E-state index in [9.17, 15) is 14.0 Å². The topological polar surface area (TPSA) is 47.8 Å². The Bertz CT molecular complexity index is 858. The van der Waals surface area contributed by atoms with Crippen LogP contribution in [0.2, 0.25) is 0 Å². The van der Waals surface area contributed by atoms with Gasteiger partial charge in [-0.2, -0.15) is 0 Å². The summed E-state index contributed by atoms with van der Waals surface area (Å²) >= 11 is 1.49. The second-order valence-corrected chi connectivity index (χ2v) is 8.17. The number of hydrogen-bond acceptors (Lipinski definition) is 4. The lowest BCUT2D eigenvalue weighted by Gasteiger charge is -2.31. The van der Waals surface area contributed by atoms with Crippen molar-refractivity contribution in [2.75, 3.05) is 6.54 Å². The Morgan fingerprint density at radius 1 is 1.31 bits per heavy atom. The largest absolute Gasteiger partial charge is 0.416 e. The molecule has 0 spiro atoms. The van der Waals surface area contributed by atoms with E-state index in [-0.39, 0.29) is 23.5 Å². The van der Waals surface area contributed by atoms with Gasteiger partial charge in [-0.3, -0.25) is 9.59 Å². The lowest BCUT2D eigenvalue weighted by molar-refractivity contribution is -0.937. The van der Waals surface area contributed by atoms with Crippen LogP contribution >= 0.6 is 11.3 Å². The molecular weight excluding hydrogens is 353 g/mol. The summed E-state index contributed by atoms with van der Waals surface area (Å²) < 4.78 is 19.7. The highest BCUT2D eigenvalue weighted by Crippen LogP contribution is 2.35. The standard InChI is InChI=1S/C20H20FNO3S/c1-12(23)25-18-10-14-11-22(9-8-17(14)26-18)19(20(24)13-6-7-13)15-4-2-3-5-16(15)21/h2-5,10,13,19H,6-9,11H2,1H3/p+1/t19-/m1/s1. The molecule has 2 aromatic rings. The molecule has 0 amide bonds. The number of fused-ring (bicyclic) bond motifs is 1. The van der Waals surface area contributed by atoms with Crippen LogP contribution in [-0.2, 0) is 22.6 Å². The number of esters is 1. The number of ether oxygens (including phenoxy) is 1.